The van der Waals surface area contributed by atoms with E-state index < -0.39 is 10.9 Å². The summed E-state index contributed by atoms with van der Waals surface area (Å²) >= 11 is 3.13. The molecule has 0 aliphatic heterocycles. The largest absolute Gasteiger partial charge is 0.465 e. The van der Waals surface area contributed by atoms with E-state index in [1.165, 1.54) is 26.4 Å². The second-order valence-electron chi connectivity index (χ2n) is 3.52. The lowest BCUT2D eigenvalue weighted by Crippen LogP contribution is -2.14. The molecule has 0 radical (unpaired) electrons. The van der Waals surface area contributed by atoms with E-state index in [0.29, 0.717) is 17.6 Å². The molecule has 19 heavy (non-hydrogen) atoms. The van der Waals surface area contributed by atoms with E-state index in [2.05, 4.69) is 26.0 Å². The Morgan fingerprint density at radius 2 is 2.16 bits per heavy atom. The molecule has 0 amide bonds. The molecule has 0 aromatic heterocycles. The molecule has 1 aromatic rings. The summed E-state index contributed by atoms with van der Waals surface area (Å²) in [6, 6.07) is 2.79. The molecule has 8 heteroatoms. The van der Waals surface area contributed by atoms with Crippen molar-refractivity contribution in [2.24, 2.45) is 0 Å². The molecular weight excluding hydrogens is 320 g/mol. The highest BCUT2D eigenvalue weighted by Gasteiger charge is 2.23. The van der Waals surface area contributed by atoms with Crippen LogP contribution < -0.4 is 5.32 Å². The minimum absolute atomic E-state index is 0.0969. The number of hydrogen-bond acceptors (Lipinski definition) is 6. The number of halogens is 1. The van der Waals surface area contributed by atoms with Gasteiger partial charge in [-0.25, -0.2) is 4.79 Å². The van der Waals surface area contributed by atoms with Crippen molar-refractivity contribution in [1.82, 2.24) is 0 Å². The number of ether oxygens (including phenoxy) is 2. The highest BCUT2D eigenvalue weighted by atomic mass is 79.9. The minimum Gasteiger partial charge on any atom is -0.465 e. The van der Waals surface area contributed by atoms with Crippen LogP contribution in [0.15, 0.2) is 16.6 Å². The van der Waals surface area contributed by atoms with E-state index in [0.717, 1.165) is 0 Å². The van der Waals surface area contributed by atoms with Crippen LogP contribution in [-0.2, 0) is 9.47 Å². The maximum Gasteiger partial charge on any atom is 0.340 e. The first kappa shape index (κ1) is 15.4. The van der Waals surface area contributed by atoms with Crippen molar-refractivity contribution in [3.05, 3.63) is 32.3 Å². The smallest absolute Gasteiger partial charge is 0.340 e. The van der Waals surface area contributed by atoms with Gasteiger partial charge in [-0.05, 0) is 6.07 Å². The number of nitro benzene ring substituents is 1. The van der Waals surface area contributed by atoms with Gasteiger partial charge < -0.3 is 14.8 Å². The Morgan fingerprint density at radius 3 is 2.68 bits per heavy atom. The van der Waals surface area contributed by atoms with Crippen LogP contribution in [0.25, 0.3) is 0 Å². The summed E-state index contributed by atoms with van der Waals surface area (Å²) in [4.78, 5) is 22.1. The zero-order valence-electron chi connectivity index (χ0n) is 10.4. The number of methoxy groups -OCH3 is 2. The van der Waals surface area contributed by atoms with Gasteiger partial charge in [-0.15, -0.1) is 0 Å². The van der Waals surface area contributed by atoms with E-state index in [9.17, 15) is 14.9 Å². The predicted octanol–water partition coefficient (Wildman–Crippen LogP) is 2.20. The van der Waals surface area contributed by atoms with E-state index in [1.54, 1.807) is 0 Å². The molecule has 0 fully saturated rings. The fourth-order valence-corrected chi connectivity index (χ4v) is 1.92. The van der Waals surface area contributed by atoms with Crippen LogP contribution >= 0.6 is 15.9 Å². The number of anilines is 1. The Kier molecular flexibility index (Phi) is 5.71. The monoisotopic (exact) mass is 332 g/mol. The third kappa shape index (κ3) is 3.90. The van der Waals surface area contributed by atoms with Crippen molar-refractivity contribution in [1.29, 1.82) is 0 Å². The van der Waals surface area contributed by atoms with Crippen LogP contribution in [0.3, 0.4) is 0 Å². The molecule has 0 heterocycles. The van der Waals surface area contributed by atoms with Gasteiger partial charge in [-0.3, -0.25) is 10.1 Å². The predicted molar refractivity (Wildman–Crippen MR) is 72.5 cm³/mol. The summed E-state index contributed by atoms with van der Waals surface area (Å²) in [6.07, 6.45) is 0. The standard InChI is InChI=1S/C11H13BrN2O5/c1-18-4-3-13-10-8(11(15)19-2)5-7(12)6-9(10)14(16)17/h5-6,13H,3-4H2,1-2H3. The lowest BCUT2D eigenvalue weighted by atomic mass is 10.1. The Morgan fingerprint density at radius 1 is 1.47 bits per heavy atom. The summed E-state index contributed by atoms with van der Waals surface area (Å²) in [5.74, 6) is -0.649. The Hall–Kier alpha value is -1.67. The second-order valence-corrected chi connectivity index (χ2v) is 4.43. The van der Waals surface area contributed by atoms with Gasteiger partial charge in [-0.2, -0.15) is 0 Å². The Bertz CT molecular complexity index is 492. The molecule has 0 spiro atoms. The number of nitro groups is 1. The van der Waals surface area contributed by atoms with Gasteiger partial charge in [0.15, 0.2) is 0 Å². The fourth-order valence-electron chi connectivity index (χ4n) is 1.47. The first-order valence-corrected chi connectivity index (χ1v) is 6.09. The zero-order chi connectivity index (χ0) is 14.4. The number of hydrogen-bond donors (Lipinski definition) is 1. The molecular formula is C11H13BrN2O5. The average Bonchev–Trinajstić information content (AvgIpc) is 2.38. The van der Waals surface area contributed by atoms with Crippen LogP contribution in [0.2, 0.25) is 0 Å². The third-order valence-electron chi connectivity index (χ3n) is 2.29. The molecule has 0 aliphatic carbocycles. The number of nitrogens with one attached hydrogen (secondary N) is 1. The highest BCUT2D eigenvalue weighted by Crippen LogP contribution is 2.32. The van der Waals surface area contributed by atoms with E-state index in [-0.39, 0.29) is 16.9 Å². The fraction of sp³-hybridized carbons (Fsp3) is 0.364. The second kappa shape index (κ2) is 7.05. The maximum atomic E-state index is 11.7. The summed E-state index contributed by atoms with van der Waals surface area (Å²) in [6.45, 7) is 0.691. The normalized spacial score (nSPS) is 10.1. The maximum absolute atomic E-state index is 11.7. The Balaban J connectivity index is 3.26. The summed E-state index contributed by atoms with van der Waals surface area (Å²) in [5, 5.41) is 13.8. The highest BCUT2D eigenvalue weighted by molar-refractivity contribution is 9.10. The van der Waals surface area contributed by atoms with Crippen molar-refractivity contribution in [3.8, 4) is 0 Å². The van der Waals surface area contributed by atoms with E-state index >= 15 is 0 Å². The molecule has 0 saturated carbocycles. The van der Waals surface area contributed by atoms with Gasteiger partial charge >= 0.3 is 5.97 Å². The van der Waals surface area contributed by atoms with Crippen LogP contribution in [0.5, 0.6) is 0 Å². The quantitative estimate of drug-likeness (QED) is 0.371. The lowest BCUT2D eigenvalue weighted by Gasteiger charge is -2.11. The molecule has 1 N–H and O–H groups in total. The van der Waals surface area contributed by atoms with Crippen LogP contribution in [0, 0.1) is 10.1 Å². The SMILES string of the molecule is COCCNc1c(C(=O)OC)cc(Br)cc1[N+](=O)[O-]. The third-order valence-corrected chi connectivity index (χ3v) is 2.75. The number of carbonyl (C=O) groups excluding carboxylic acids is 1. The van der Waals surface area contributed by atoms with Gasteiger partial charge in [0.25, 0.3) is 5.69 Å². The van der Waals surface area contributed by atoms with Gasteiger partial charge in [0.1, 0.15) is 5.69 Å². The van der Waals surface area contributed by atoms with Crippen LogP contribution in [0.4, 0.5) is 11.4 Å². The molecule has 1 aromatic carbocycles. The molecule has 0 unspecified atom stereocenters. The van der Waals surface area contributed by atoms with Crippen LogP contribution in [0.1, 0.15) is 10.4 Å². The first-order valence-electron chi connectivity index (χ1n) is 5.30. The number of rotatable bonds is 6. The summed E-state index contributed by atoms with van der Waals surface area (Å²) in [5.41, 5.74) is 0.0163. The van der Waals surface area contributed by atoms with Crippen molar-refractivity contribution >= 4 is 33.3 Å². The van der Waals surface area contributed by atoms with Gasteiger partial charge in [0.05, 0.1) is 24.2 Å². The summed E-state index contributed by atoms with van der Waals surface area (Å²) in [7, 11) is 2.73. The van der Waals surface area contributed by atoms with Crippen molar-refractivity contribution < 1.29 is 19.2 Å². The molecule has 104 valence electrons. The number of benzene rings is 1. The first-order chi connectivity index (χ1) is 9.01. The average molecular weight is 333 g/mol. The van der Waals surface area contributed by atoms with Crippen LogP contribution in [-0.4, -0.2) is 38.3 Å². The molecule has 0 aliphatic rings. The van der Waals surface area contributed by atoms with E-state index in [1.807, 2.05) is 0 Å². The number of nitrogens with zero attached hydrogens (tertiary/aromatic N) is 1. The molecule has 1 rings (SSSR count). The molecule has 0 bridgehead atoms. The molecule has 0 saturated heterocycles. The number of esters is 1. The zero-order valence-corrected chi connectivity index (χ0v) is 12.0. The van der Waals surface area contributed by atoms with Crippen molar-refractivity contribution in [3.63, 3.8) is 0 Å². The van der Waals surface area contributed by atoms with Gasteiger partial charge in [-0.1, -0.05) is 15.9 Å². The van der Waals surface area contributed by atoms with Crippen molar-refractivity contribution in [2.75, 3.05) is 32.7 Å². The summed E-state index contributed by atoms with van der Waals surface area (Å²) < 4.78 is 9.90. The topological polar surface area (TPSA) is 90.7 Å². The molecule has 0 atom stereocenters. The minimum atomic E-state index is -0.649. The van der Waals surface area contributed by atoms with Crippen molar-refractivity contribution in [2.45, 2.75) is 0 Å². The van der Waals surface area contributed by atoms with Gasteiger partial charge in [0.2, 0.25) is 0 Å². The van der Waals surface area contributed by atoms with Gasteiger partial charge in [0, 0.05) is 24.2 Å². The lowest BCUT2D eigenvalue weighted by molar-refractivity contribution is -0.384. The molecule has 7 nitrogen and oxygen atoms in total. The van der Waals surface area contributed by atoms with E-state index in [4.69, 9.17) is 4.74 Å². The number of carbonyl (C=O) groups is 1. The Labute approximate surface area is 118 Å².